The molecule has 12 heteroatoms. The van der Waals surface area contributed by atoms with Crippen molar-refractivity contribution in [1.29, 1.82) is 5.41 Å². The lowest BCUT2D eigenvalue weighted by Crippen LogP contribution is -2.46. The van der Waals surface area contributed by atoms with Crippen molar-refractivity contribution in [3.05, 3.63) is 58.3 Å². The van der Waals surface area contributed by atoms with Gasteiger partial charge in [0.1, 0.15) is 5.84 Å². The molecule has 1 saturated heterocycles. The SMILES string of the molecule is N=C(N)c1cc(CN2C[C@@H](N(CC(N)=O)S(=O)(=O)c3ccc4ccc(N)cc4c3)CC2=O)cs1. The van der Waals surface area contributed by atoms with Crippen molar-refractivity contribution in [2.24, 2.45) is 11.5 Å². The average molecular weight is 501 g/mol. The number of likely N-dealkylation sites (tertiary alicyclic amines) is 1. The zero-order valence-electron chi connectivity index (χ0n) is 18.1. The van der Waals surface area contributed by atoms with Crippen LogP contribution in [0.1, 0.15) is 16.9 Å². The third-order valence-corrected chi connectivity index (χ3v) is 8.55. The number of benzene rings is 2. The summed E-state index contributed by atoms with van der Waals surface area (Å²) in [7, 11) is -4.14. The first-order chi connectivity index (χ1) is 16.0. The Bertz CT molecular complexity index is 1400. The van der Waals surface area contributed by atoms with E-state index in [4.69, 9.17) is 22.6 Å². The number of carbonyl (C=O) groups excluding carboxylic acids is 2. The fraction of sp³-hybridized carbons (Fsp3) is 0.227. The van der Waals surface area contributed by atoms with Crippen LogP contribution in [0.2, 0.25) is 0 Å². The number of nitrogens with two attached hydrogens (primary N) is 3. The second kappa shape index (κ2) is 9.05. The molecule has 1 aliphatic rings. The van der Waals surface area contributed by atoms with Gasteiger partial charge in [0.05, 0.1) is 22.4 Å². The Morgan fingerprint density at radius 3 is 2.56 bits per heavy atom. The van der Waals surface area contributed by atoms with Gasteiger partial charge in [0.25, 0.3) is 0 Å². The van der Waals surface area contributed by atoms with Crippen LogP contribution in [0.15, 0.2) is 52.7 Å². The number of amidine groups is 1. The predicted octanol–water partition coefficient (Wildman–Crippen LogP) is 1.04. The maximum Gasteiger partial charge on any atom is 0.243 e. The van der Waals surface area contributed by atoms with Crippen molar-refractivity contribution in [3.8, 4) is 0 Å². The number of fused-ring (bicyclic) bond motifs is 1. The van der Waals surface area contributed by atoms with E-state index in [1.165, 1.54) is 28.4 Å². The summed E-state index contributed by atoms with van der Waals surface area (Å²) >= 11 is 1.30. The van der Waals surface area contributed by atoms with Gasteiger partial charge in [-0.1, -0.05) is 12.1 Å². The Morgan fingerprint density at radius 2 is 1.88 bits per heavy atom. The highest BCUT2D eigenvalue weighted by Gasteiger charge is 2.40. The molecule has 3 aromatic rings. The van der Waals surface area contributed by atoms with Crippen molar-refractivity contribution in [2.45, 2.75) is 23.9 Å². The van der Waals surface area contributed by atoms with E-state index in [-0.39, 0.29) is 36.1 Å². The number of nitrogen functional groups attached to an aromatic ring is 2. The molecule has 0 bridgehead atoms. The summed E-state index contributed by atoms with van der Waals surface area (Å²) in [5.74, 6) is -1.11. The zero-order valence-corrected chi connectivity index (χ0v) is 19.7. The van der Waals surface area contributed by atoms with Crippen LogP contribution in [-0.2, 0) is 26.2 Å². The quantitative estimate of drug-likeness (QED) is 0.204. The minimum absolute atomic E-state index is 0.0123. The summed E-state index contributed by atoms with van der Waals surface area (Å²) in [6.07, 6.45) is -0.0727. The van der Waals surface area contributed by atoms with E-state index >= 15 is 0 Å². The standard InChI is InChI=1S/C22H24N6O4S2/c23-16-3-1-14-2-4-18(7-15(14)6-16)34(31,32)28(11-20(24)29)17-8-21(30)27(10-17)9-13-5-19(22(25)26)33-12-13/h1-7,12,17H,8-11,23H2,(H2,24,29)(H3,25,26)/t17-/m0/s1. The number of anilines is 1. The predicted molar refractivity (Wildman–Crippen MR) is 131 cm³/mol. The lowest BCUT2D eigenvalue weighted by Gasteiger charge is -2.27. The smallest absolute Gasteiger partial charge is 0.243 e. The normalized spacial score (nSPS) is 16.4. The number of hydrogen-bond donors (Lipinski definition) is 4. The highest BCUT2D eigenvalue weighted by atomic mass is 32.2. The Kier molecular flexibility index (Phi) is 6.30. The summed E-state index contributed by atoms with van der Waals surface area (Å²) < 4.78 is 28.1. The van der Waals surface area contributed by atoms with E-state index in [0.717, 1.165) is 15.3 Å². The number of rotatable bonds is 8. The maximum atomic E-state index is 13.6. The van der Waals surface area contributed by atoms with Crippen molar-refractivity contribution >= 4 is 55.5 Å². The Labute approximate surface area is 200 Å². The third kappa shape index (κ3) is 4.74. The summed E-state index contributed by atoms with van der Waals surface area (Å²) in [5, 5.41) is 10.8. The van der Waals surface area contributed by atoms with Crippen LogP contribution >= 0.6 is 11.3 Å². The molecule has 1 fully saturated rings. The number of carbonyl (C=O) groups is 2. The summed E-state index contributed by atoms with van der Waals surface area (Å²) in [4.78, 5) is 26.6. The molecule has 0 unspecified atom stereocenters. The second-order valence-electron chi connectivity index (χ2n) is 8.15. The van der Waals surface area contributed by atoms with Gasteiger partial charge in [0, 0.05) is 25.2 Å². The minimum atomic E-state index is -4.14. The molecule has 2 amide bonds. The minimum Gasteiger partial charge on any atom is -0.399 e. The fourth-order valence-corrected chi connectivity index (χ4v) is 6.41. The molecule has 0 spiro atoms. The molecule has 4 rings (SSSR count). The first-order valence-electron chi connectivity index (χ1n) is 10.3. The van der Waals surface area contributed by atoms with E-state index in [2.05, 4.69) is 0 Å². The van der Waals surface area contributed by atoms with E-state index in [0.29, 0.717) is 16.0 Å². The molecule has 0 aliphatic carbocycles. The molecule has 2 heterocycles. The highest BCUT2D eigenvalue weighted by molar-refractivity contribution is 7.89. The number of primary amides is 1. The molecule has 2 aromatic carbocycles. The molecule has 1 aliphatic heterocycles. The van der Waals surface area contributed by atoms with Crippen molar-refractivity contribution in [2.75, 3.05) is 18.8 Å². The van der Waals surface area contributed by atoms with Gasteiger partial charge in [0.2, 0.25) is 21.8 Å². The molecule has 1 aromatic heterocycles. The molecular formula is C22H24N6O4S2. The maximum absolute atomic E-state index is 13.6. The largest absolute Gasteiger partial charge is 0.399 e. The van der Waals surface area contributed by atoms with Crippen LogP contribution in [0, 0.1) is 5.41 Å². The van der Waals surface area contributed by atoms with Crippen LogP contribution in [0.25, 0.3) is 10.8 Å². The molecule has 34 heavy (non-hydrogen) atoms. The van der Waals surface area contributed by atoms with E-state index in [1.807, 2.05) is 0 Å². The van der Waals surface area contributed by atoms with Gasteiger partial charge >= 0.3 is 0 Å². The third-order valence-electron chi connectivity index (χ3n) is 5.65. The summed E-state index contributed by atoms with van der Waals surface area (Å²) in [5.41, 5.74) is 18.0. The fourth-order valence-electron chi connectivity index (χ4n) is 4.02. The van der Waals surface area contributed by atoms with Gasteiger partial charge in [-0.3, -0.25) is 15.0 Å². The van der Waals surface area contributed by atoms with E-state index in [1.54, 1.807) is 35.7 Å². The molecular weight excluding hydrogens is 476 g/mol. The van der Waals surface area contributed by atoms with Crippen molar-refractivity contribution < 1.29 is 18.0 Å². The van der Waals surface area contributed by atoms with Crippen LogP contribution in [0.4, 0.5) is 5.69 Å². The Morgan fingerprint density at radius 1 is 1.15 bits per heavy atom. The van der Waals surface area contributed by atoms with Crippen molar-refractivity contribution in [1.82, 2.24) is 9.21 Å². The van der Waals surface area contributed by atoms with Crippen LogP contribution in [-0.4, -0.2) is 54.4 Å². The number of amides is 2. The molecule has 1 atom stereocenters. The molecule has 0 saturated carbocycles. The summed E-state index contributed by atoms with van der Waals surface area (Å²) in [6, 6.07) is 10.8. The summed E-state index contributed by atoms with van der Waals surface area (Å²) in [6.45, 7) is -0.189. The van der Waals surface area contributed by atoms with Gasteiger partial charge in [-0.15, -0.1) is 11.3 Å². The number of nitrogens with one attached hydrogen (secondary N) is 1. The number of sulfonamides is 1. The topological polar surface area (TPSA) is 177 Å². The van der Waals surface area contributed by atoms with Gasteiger partial charge in [-0.05, 0) is 52.0 Å². The van der Waals surface area contributed by atoms with Crippen LogP contribution in [0.3, 0.4) is 0 Å². The molecule has 0 radical (unpaired) electrons. The zero-order chi connectivity index (χ0) is 24.6. The first-order valence-corrected chi connectivity index (χ1v) is 12.7. The van der Waals surface area contributed by atoms with E-state index in [9.17, 15) is 18.0 Å². The molecule has 10 nitrogen and oxygen atoms in total. The Balaban J connectivity index is 1.61. The molecule has 7 N–H and O–H groups in total. The van der Waals surface area contributed by atoms with Gasteiger partial charge in [0.15, 0.2) is 0 Å². The monoisotopic (exact) mass is 500 g/mol. The number of nitrogens with zero attached hydrogens (tertiary/aromatic N) is 2. The highest BCUT2D eigenvalue weighted by Crippen LogP contribution is 2.28. The van der Waals surface area contributed by atoms with Crippen molar-refractivity contribution in [3.63, 3.8) is 0 Å². The lowest BCUT2D eigenvalue weighted by atomic mass is 10.1. The second-order valence-corrected chi connectivity index (χ2v) is 11.0. The first kappa shape index (κ1) is 23.7. The van der Waals surface area contributed by atoms with Gasteiger partial charge in [-0.25, -0.2) is 8.42 Å². The van der Waals surface area contributed by atoms with E-state index < -0.39 is 28.5 Å². The van der Waals surface area contributed by atoms with Gasteiger partial charge in [-0.2, -0.15) is 4.31 Å². The average Bonchev–Trinajstić information content (AvgIpc) is 3.38. The number of thiophene rings is 1. The van der Waals surface area contributed by atoms with Gasteiger partial charge < -0.3 is 22.1 Å². The van der Waals surface area contributed by atoms with Crippen LogP contribution < -0.4 is 17.2 Å². The molecule has 178 valence electrons. The Hall–Kier alpha value is -3.48. The number of hydrogen-bond acceptors (Lipinski definition) is 7. The lowest BCUT2D eigenvalue weighted by molar-refractivity contribution is -0.128. The van der Waals surface area contributed by atoms with Crippen LogP contribution in [0.5, 0.6) is 0 Å².